The van der Waals surface area contributed by atoms with E-state index in [0.29, 0.717) is 35.7 Å². The van der Waals surface area contributed by atoms with E-state index in [9.17, 15) is 21.6 Å². The number of sulfonamides is 2. The van der Waals surface area contributed by atoms with Gasteiger partial charge in [0.15, 0.2) is 6.61 Å². The number of nitrogens with one attached hydrogen (secondary N) is 1. The largest absolute Gasteiger partial charge is 0.483 e. The molecule has 0 radical (unpaired) electrons. The molecule has 0 unspecified atom stereocenters. The molecule has 1 N–H and O–H groups in total. The van der Waals surface area contributed by atoms with Crippen molar-refractivity contribution in [1.29, 1.82) is 0 Å². The zero-order valence-corrected chi connectivity index (χ0v) is 20.8. The summed E-state index contributed by atoms with van der Waals surface area (Å²) in [5, 5.41) is 2.67. The molecule has 0 aromatic heterocycles. The van der Waals surface area contributed by atoms with Crippen LogP contribution in [-0.2, 0) is 24.8 Å². The van der Waals surface area contributed by atoms with Crippen LogP contribution in [0.15, 0.2) is 46.2 Å². The first-order valence-corrected chi connectivity index (χ1v) is 13.4. The number of amides is 1. The van der Waals surface area contributed by atoms with Gasteiger partial charge in [-0.05, 0) is 68.1 Å². The van der Waals surface area contributed by atoms with Crippen molar-refractivity contribution >= 4 is 31.6 Å². The predicted molar refractivity (Wildman–Crippen MR) is 125 cm³/mol. The Hall–Kier alpha value is -2.47. The highest BCUT2D eigenvalue weighted by molar-refractivity contribution is 7.89. The zero-order chi connectivity index (χ0) is 24.4. The second kappa shape index (κ2) is 9.80. The lowest BCUT2D eigenvalue weighted by atomic mass is 10.2. The Labute approximate surface area is 195 Å². The fraction of sp³-hybridized carbons (Fsp3) is 0.409. The molecule has 1 heterocycles. The number of benzene rings is 2. The van der Waals surface area contributed by atoms with Crippen molar-refractivity contribution in [1.82, 2.24) is 8.61 Å². The number of rotatable bonds is 8. The number of anilines is 1. The Morgan fingerprint density at radius 1 is 0.970 bits per heavy atom. The van der Waals surface area contributed by atoms with Crippen molar-refractivity contribution in [3.63, 3.8) is 0 Å². The molecule has 0 saturated carbocycles. The molecule has 2 aromatic carbocycles. The Balaban J connectivity index is 1.68. The van der Waals surface area contributed by atoms with E-state index < -0.39 is 26.0 Å². The minimum atomic E-state index is -3.64. The second-order valence-electron chi connectivity index (χ2n) is 8.14. The van der Waals surface area contributed by atoms with E-state index in [2.05, 4.69) is 5.32 Å². The van der Waals surface area contributed by atoms with Crippen molar-refractivity contribution < 1.29 is 26.4 Å². The van der Waals surface area contributed by atoms with E-state index in [1.807, 2.05) is 0 Å². The Bertz CT molecular complexity index is 1250. The van der Waals surface area contributed by atoms with Crippen molar-refractivity contribution in [2.24, 2.45) is 0 Å². The summed E-state index contributed by atoms with van der Waals surface area (Å²) in [6.07, 6.45) is 1.72. The summed E-state index contributed by atoms with van der Waals surface area (Å²) in [4.78, 5) is 12.7. The third-order valence-electron chi connectivity index (χ3n) is 5.47. The van der Waals surface area contributed by atoms with E-state index in [1.165, 1.54) is 36.6 Å². The summed E-state index contributed by atoms with van der Waals surface area (Å²) in [6, 6.07) is 9.08. The van der Waals surface area contributed by atoms with Gasteiger partial charge in [-0.15, -0.1) is 0 Å². The first-order valence-electron chi connectivity index (χ1n) is 10.5. The van der Waals surface area contributed by atoms with Crippen LogP contribution in [0.2, 0.25) is 0 Å². The van der Waals surface area contributed by atoms with Gasteiger partial charge in [-0.3, -0.25) is 4.79 Å². The number of ether oxygens (including phenoxy) is 1. The molecule has 33 heavy (non-hydrogen) atoms. The minimum absolute atomic E-state index is 0.0694. The van der Waals surface area contributed by atoms with Crippen LogP contribution in [0.5, 0.6) is 5.75 Å². The van der Waals surface area contributed by atoms with Gasteiger partial charge in [-0.1, -0.05) is 6.07 Å². The summed E-state index contributed by atoms with van der Waals surface area (Å²) < 4.78 is 58.3. The van der Waals surface area contributed by atoms with Crippen LogP contribution in [0.4, 0.5) is 5.69 Å². The maximum absolute atomic E-state index is 12.7. The molecular weight excluding hydrogens is 466 g/mol. The highest BCUT2D eigenvalue weighted by atomic mass is 32.2. The van der Waals surface area contributed by atoms with Gasteiger partial charge in [0.25, 0.3) is 5.91 Å². The van der Waals surface area contributed by atoms with E-state index in [4.69, 9.17) is 4.74 Å². The molecule has 1 aliphatic heterocycles. The van der Waals surface area contributed by atoms with E-state index in [0.717, 1.165) is 17.1 Å². The van der Waals surface area contributed by atoms with E-state index in [1.54, 1.807) is 32.0 Å². The van der Waals surface area contributed by atoms with Gasteiger partial charge in [0, 0.05) is 32.9 Å². The van der Waals surface area contributed by atoms with Crippen LogP contribution in [0.1, 0.15) is 24.0 Å². The molecule has 3 rings (SSSR count). The normalized spacial score (nSPS) is 15.1. The molecule has 0 aliphatic carbocycles. The molecule has 0 spiro atoms. The minimum Gasteiger partial charge on any atom is -0.483 e. The van der Waals surface area contributed by atoms with Crippen LogP contribution < -0.4 is 10.1 Å². The number of carbonyl (C=O) groups excluding carboxylic acids is 1. The van der Waals surface area contributed by atoms with Gasteiger partial charge in [-0.2, -0.15) is 4.31 Å². The van der Waals surface area contributed by atoms with Crippen LogP contribution in [-0.4, -0.2) is 65.1 Å². The molecule has 1 amide bonds. The van der Waals surface area contributed by atoms with Gasteiger partial charge in [0.05, 0.1) is 9.79 Å². The molecule has 180 valence electrons. The van der Waals surface area contributed by atoms with Crippen molar-refractivity contribution in [2.75, 3.05) is 39.1 Å². The smallest absolute Gasteiger partial charge is 0.262 e. The molecule has 0 bridgehead atoms. The van der Waals surface area contributed by atoms with Gasteiger partial charge >= 0.3 is 0 Å². The fourth-order valence-corrected chi connectivity index (χ4v) is 5.99. The zero-order valence-electron chi connectivity index (χ0n) is 19.2. The van der Waals surface area contributed by atoms with Gasteiger partial charge in [0.2, 0.25) is 20.0 Å². The summed E-state index contributed by atoms with van der Waals surface area (Å²) in [7, 11) is -4.30. The van der Waals surface area contributed by atoms with Crippen LogP contribution in [0, 0.1) is 13.8 Å². The molecule has 1 saturated heterocycles. The Morgan fingerprint density at radius 3 is 2.21 bits per heavy atom. The van der Waals surface area contributed by atoms with Gasteiger partial charge in [-0.25, -0.2) is 21.1 Å². The van der Waals surface area contributed by atoms with E-state index in [-0.39, 0.29) is 16.4 Å². The van der Waals surface area contributed by atoms with Crippen LogP contribution >= 0.6 is 0 Å². The average Bonchev–Trinajstić information content (AvgIpc) is 3.30. The van der Waals surface area contributed by atoms with Crippen molar-refractivity contribution in [3.05, 3.63) is 47.5 Å². The third-order valence-corrected chi connectivity index (χ3v) is 9.18. The van der Waals surface area contributed by atoms with E-state index >= 15 is 0 Å². The highest BCUT2D eigenvalue weighted by Gasteiger charge is 2.27. The average molecular weight is 496 g/mol. The van der Waals surface area contributed by atoms with Crippen LogP contribution in [0.3, 0.4) is 0 Å². The standard InChI is InChI=1S/C22H29N3O6S2/c1-16-7-8-19(32(27,28)24(3)4)14-20(16)23-22(26)15-31-21-10-9-18(13-17(21)2)33(29,30)25-11-5-6-12-25/h7-10,13-14H,5-6,11-12,15H2,1-4H3,(H,23,26). The first-order chi connectivity index (χ1) is 15.4. The summed E-state index contributed by atoms with van der Waals surface area (Å²) in [5.41, 5.74) is 1.67. The monoisotopic (exact) mass is 495 g/mol. The molecule has 1 aliphatic rings. The Kier molecular flexibility index (Phi) is 7.47. The first kappa shape index (κ1) is 25.2. The predicted octanol–water partition coefficient (Wildman–Crippen LogP) is 2.36. The lowest BCUT2D eigenvalue weighted by Crippen LogP contribution is -2.28. The lowest BCUT2D eigenvalue weighted by molar-refractivity contribution is -0.118. The molecule has 1 fully saturated rings. The second-order valence-corrected chi connectivity index (χ2v) is 12.2. The summed E-state index contributed by atoms with van der Waals surface area (Å²) in [6.45, 7) is 4.21. The molecule has 11 heteroatoms. The highest BCUT2D eigenvalue weighted by Crippen LogP contribution is 2.26. The Morgan fingerprint density at radius 2 is 1.61 bits per heavy atom. The van der Waals surface area contributed by atoms with Gasteiger partial charge in [0.1, 0.15) is 5.75 Å². The quantitative estimate of drug-likeness (QED) is 0.602. The number of hydrogen-bond donors (Lipinski definition) is 1. The van der Waals surface area contributed by atoms with Crippen LogP contribution in [0.25, 0.3) is 0 Å². The lowest BCUT2D eigenvalue weighted by Gasteiger charge is -2.17. The van der Waals surface area contributed by atoms with Crippen molar-refractivity contribution in [3.8, 4) is 5.75 Å². The molecule has 0 atom stereocenters. The van der Waals surface area contributed by atoms with Crippen molar-refractivity contribution in [2.45, 2.75) is 36.5 Å². The summed E-state index contributed by atoms with van der Waals surface area (Å²) in [5.74, 6) is -0.0724. The maximum atomic E-state index is 12.7. The SMILES string of the molecule is Cc1ccc(S(=O)(=O)N(C)C)cc1NC(=O)COc1ccc(S(=O)(=O)N2CCCC2)cc1C. The van der Waals surface area contributed by atoms with Gasteiger partial charge < -0.3 is 10.1 Å². The molecular formula is C22H29N3O6S2. The number of carbonyl (C=O) groups is 1. The number of aryl methyl sites for hydroxylation is 2. The fourth-order valence-electron chi connectivity index (χ4n) is 3.46. The number of hydrogen-bond acceptors (Lipinski definition) is 6. The number of nitrogens with zero attached hydrogens (tertiary/aromatic N) is 2. The summed E-state index contributed by atoms with van der Waals surface area (Å²) >= 11 is 0. The topological polar surface area (TPSA) is 113 Å². The maximum Gasteiger partial charge on any atom is 0.262 e. The molecule has 9 nitrogen and oxygen atoms in total. The third kappa shape index (κ3) is 5.55. The molecule has 2 aromatic rings.